The third kappa shape index (κ3) is 3.79. The molecule has 0 amide bonds. The van der Waals surface area contributed by atoms with Gasteiger partial charge in [-0.15, -0.1) is 0 Å². The second-order valence-corrected chi connectivity index (χ2v) is 4.74. The first-order valence-corrected chi connectivity index (χ1v) is 6.87. The maximum atomic E-state index is 11.6. The number of ether oxygens (including phenoxy) is 2. The molecule has 2 aromatic carbocycles. The van der Waals surface area contributed by atoms with E-state index in [2.05, 4.69) is 0 Å². The molecular formula is C17H16O6. The van der Waals surface area contributed by atoms with Crippen molar-refractivity contribution in [2.24, 2.45) is 0 Å². The van der Waals surface area contributed by atoms with Crippen LogP contribution in [0.15, 0.2) is 36.4 Å². The Balaban J connectivity index is 2.12. The number of phenolic OH excluding ortho intramolecular Hbond substituents is 2. The van der Waals surface area contributed by atoms with Gasteiger partial charge < -0.3 is 24.5 Å². The van der Waals surface area contributed by atoms with Crippen LogP contribution in [0.2, 0.25) is 0 Å². The fourth-order valence-corrected chi connectivity index (χ4v) is 2.13. The Labute approximate surface area is 132 Å². The number of rotatable bonds is 7. The molecule has 0 aliphatic carbocycles. The minimum Gasteiger partial charge on any atom is -0.508 e. The van der Waals surface area contributed by atoms with Crippen LogP contribution in [0, 0.1) is 0 Å². The third-order valence-electron chi connectivity index (χ3n) is 3.18. The molecule has 0 atom stereocenters. The number of carbonyl (C=O) groups excluding carboxylic acids is 2. The van der Waals surface area contributed by atoms with Gasteiger partial charge in [-0.1, -0.05) is 12.1 Å². The highest BCUT2D eigenvalue weighted by atomic mass is 16.7. The van der Waals surface area contributed by atoms with Gasteiger partial charge in [-0.25, -0.2) is 0 Å². The van der Waals surface area contributed by atoms with Gasteiger partial charge in [-0.2, -0.15) is 0 Å². The standard InChI is InChI=1S/C17H16O6/c1-11(19)17-14(21)5-3-7-16(17)23-10-22-15-6-2-4-13(20)12(15)8-9-18/h2-7,9,20-21H,8,10H2,1H3. The van der Waals surface area contributed by atoms with Gasteiger partial charge in [-0.05, 0) is 31.2 Å². The third-order valence-corrected chi connectivity index (χ3v) is 3.18. The molecule has 2 N–H and O–H groups in total. The Morgan fingerprint density at radius 2 is 1.65 bits per heavy atom. The topological polar surface area (TPSA) is 93.1 Å². The first-order valence-electron chi connectivity index (χ1n) is 6.87. The molecule has 6 heteroatoms. The summed E-state index contributed by atoms with van der Waals surface area (Å²) >= 11 is 0. The summed E-state index contributed by atoms with van der Waals surface area (Å²) in [4.78, 5) is 22.2. The van der Waals surface area contributed by atoms with Crippen molar-refractivity contribution in [2.75, 3.05) is 6.79 Å². The van der Waals surface area contributed by atoms with Gasteiger partial charge in [-0.3, -0.25) is 4.79 Å². The molecule has 2 rings (SSSR count). The van der Waals surface area contributed by atoms with Crippen LogP contribution in [-0.4, -0.2) is 29.1 Å². The molecule has 0 bridgehead atoms. The molecule has 0 spiro atoms. The summed E-state index contributed by atoms with van der Waals surface area (Å²) in [5.74, 6) is -0.0568. The van der Waals surface area contributed by atoms with Crippen LogP contribution in [0.5, 0.6) is 23.0 Å². The Morgan fingerprint density at radius 3 is 2.30 bits per heavy atom. The number of aldehydes is 1. The van der Waals surface area contributed by atoms with Crippen LogP contribution < -0.4 is 9.47 Å². The van der Waals surface area contributed by atoms with Crippen molar-refractivity contribution in [2.45, 2.75) is 13.3 Å². The summed E-state index contributed by atoms with van der Waals surface area (Å²) in [6.07, 6.45) is 0.665. The average Bonchev–Trinajstić information content (AvgIpc) is 2.50. The highest BCUT2D eigenvalue weighted by molar-refractivity contribution is 5.99. The van der Waals surface area contributed by atoms with Crippen molar-refractivity contribution in [3.63, 3.8) is 0 Å². The van der Waals surface area contributed by atoms with Gasteiger partial charge >= 0.3 is 0 Å². The minimum absolute atomic E-state index is 0.00677. The minimum atomic E-state index is -0.336. The lowest BCUT2D eigenvalue weighted by Gasteiger charge is -2.14. The molecule has 0 aliphatic rings. The molecule has 0 aliphatic heterocycles. The van der Waals surface area contributed by atoms with Crippen LogP contribution in [0.1, 0.15) is 22.8 Å². The van der Waals surface area contributed by atoms with Crippen molar-refractivity contribution in [3.8, 4) is 23.0 Å². The van der Waals surface area contributed by atoms with Gasteiger partial charge in [0.15, 0.2) is 5.78 Å². The lowest BCUT2D eigenvalue weighted by atomic mass is 10.1. The molecule has 0 saturated carbocycles. The first-order chi connectivity index (χ1) is 11.0. The smallest absolute Gasteiger partial charge is 0.230 e. The maximum absolute atomic E-state index is 11.6. The van der Waals surface area contributed by atoms with Crippen LogP contribution >= 0.6 is 0 Å². The lowest BCUT2D eigenvalue weighted by Crippen LogP contribution is -2.09. The highest BCUT2D eigenvalue weighted by Crippen LogP contribution is 2.30. The Morgan fingerprint density at radius 1 is 1.04 bits per heavy atom. The van der Waals surface area contributed by atoms with E-state index in [0.717, 1.165) is 0 Å². The van der Waals surface area contributed by atoms with Gasteiger partial charge in [0, 0.05) is 12.0 Å². The summed E-state index contributed by atoms with van der Waals surface area (Å²) in [7, 11) is 0. The Hall–Kier alpha value is -3.02. The highest BCUT2D eigenvalue weighted by Gasteiger charge is 2.14. The molecule has 0 aromatic heterocycles. The van der Waals surface area contributed by atoms with Crippen molar-refractivity contribution < 1.29 is 29.3 Å². The van der Waals surface area contributed by atoms with Crippen molar-refractivity contribution in [3.05, 3.63) is 47.5 Å². The molecule has 2 aromatic rings. The normalized spacial score (nSPS) is 10.1. The summed E-state index contributed by atoms with van der Waals surface area (Å²) < 4.78 is 10.8. The number of hydrogen-bond donors (Lipinski definition) is 2. The second-order valence-electron chi connectivity index (χ2n) is 4.74. The van der Waals surface area contributed by atoms with Crippen molar-refractivity contribution in [1.82, 2.24) is 0 Å². The van der Waals surface area contributed by atoms with Gasteiger partial charge in [0.05, 0.1) is 0 Å². The molecule has 0 radical (unpaired) electrons. The van der Waals surface area contributed by atoms with Crippen molar-refractivity contribution in [1.29, 1.82) is 0 Å². The molecular weight excluding hydrogens is 300 g/mol. The van der Waals surface area contributed by atoms with Crippen LogP contribution in [0.3, 0.4) is 0 Å². The van der Waals surface area contributed by atoms with Gasteiger partial charge in [0.1, 0.15) is 34.8 Å². The molecule has 120 valence electrons. The first kappa shape index (κ1) is 16.4. The zero-order valence-electron chi connectivity index (χ0n) is 12.5. The zero-order chi connectivity index (χ0) is 16.8. The van der Waals surface area contributed by atoms with E-state index in [1.807, 2.05) is 0 Å². The molecule has 0 saturated heterocycles. The summed E-state index contributed by atoms with van der Waals surface area (Å²) in [6, 6.07) is 9.10. The monoisotopic (exact) mass is 316 g/mol. The van der Waals surface area contributed by atoms with E-state index in [1.54, 1.807) is 18.2 Å². The largest absolute Gasteiger partial charge is 0.508 e. The van der Waals surface area contributed by atoms with E-state index in [0.29, 0.717) is 17.6 Å². The van der Waals surface area contributed by atoms with Gasteiger partial charge in [0.25, 0.3) is 0 Å². The van der Waals surface area contributed by atoms with E-state index in [-0.39, 0.29) is 41.8 Å². The molecule has 0 unspecified atom stereocenters. The predicted octanol–water partition coefficient (Wildman–Crippen LogP) is 2.46. The van der Waals surface area contributed by atoms with E-state index in [4.69, 9.17) is 9.47 Å². The van der Waals surface area contributed by atoms with Gasteiger partial charge in [0.2, 0.25) is 6.79 Å². The molecule has 0 fully saturated rings. The number of benzene rings is 2. The maximum Gasteiger partial charge on any atom is 0.230 e. The lowest BCUT2D eigenvalue weighted by molar-refractivity contribution is -0.107. The SMILES string of the molecule is CC(=O)c1c(O)cccc1OCOc1cccc(O)c1CC=O. The Bertz CT molecular complexity index is 723. The average molecular weight is 316 g/mol. The van der Waals surface area contributed by atoms with E-state index in [1.165, 1.54) is 25.1 Å². The van der Waals surface area contributed by atoms with Crippen LogP contribution in [0.4, 0.5) is 0 Å². The van der Waals surface area contributed by atoms with E-state index >= 15 is 0 Å². The summed E-state index contributed by atoms with van der Waals surface area (Å²) in [6.45, 7) is 1.07. The summed E-state index contributed by atoms with van der Waals surface area (Å²) in [5, 5.41) is 19.4. The number of phenols is 2. The fourth-order valence-electron chi connectivity index (χ4n) is 2.13. The van der Waals surface area contributed by atoms with E-state index in [9.17, 15) is 19.8 Å². The molecule has 6 nitrogen and oxygen atoms in total. The molecule has 0 heterocycles. The number of hydrogen-bond acceptors (Lipinski definition) is 6. The number of carbonyl (C=O) groups is 2. The zero-order valence-corrected chi connectivity index (χ0v) is 12.5. The molecule has 23 heavy (non-hydrogen) atoms. The van der Waals surface area contributed by atoms with Crippen molar-refractivity contribution >= 4 is 12.1 Å². The van der Waals surface area contributed by atoms with Crippen LogP contribution in [0.25, 0.3) is 0 Å². The van der Waals surface area contributed by atoms with Crippen LogP contribution in [-0.2, 0) is 11.2 Å². The number of aromatic hydroxyl groups is 2. The Kier molecular flexibility index (Phi) is 5.19. The summed E-state index contributed by atoms with van der Waals surface area (Å²) in [5.41, 5.74) is 0.425. The van der Waals surface area contributed by atoms with E-state index < -0.39 is 0 Å². The second kappa shape index (κ2) is 7.31. The predicted molar refractivity (Wildman–Crippen MR) is 82.1 cm³/mol. The quantitative estimate of drug-likeness (QED) is 0.463. The number of Topliss-reactive ketones (excluding diaryl/α,β-unsaturated/α-hetero) is 1. The fraction of sp³-hybridized carbons (Fsp3) is 0.176. The number of ketones is 1.